The average Bonchev–Trinajstić information content (AvgIpc) is 2.20. The summed E-state index contributed by atoms with van der Waals surface area (Å²) in [4.78, 5) is 2.37. The van der Waals surface area contributed by atoms with E-state index in [0.29, 0.717) is 0 Å². The minimum absolute atomic E-state index is 0.963. The van der Waals surface area contributed by atoms with Crippen LogP contribution in [0.15, 0.2) is 36.9 Å². The van der Waals surface area contributed by atoms with E-state index in [9.17, 15) is 0 Å². The molecule has 0 spiro atoms. The molecule has 1 aromatic carbocycles. The average molecular weight is 189 g/mol. The van der Waals surface area contributed by atoms with Crippen molar-refractivity contribution in [2.24, 2.45) is 0 Å². The molecule has 0 bridgehead atoms. The smallest absolute Gasteiger partial charge is 0.0239 e. The third kappa shape index (κ3) is 3.00. The summed E-state index contributed by atoms with van der Waals surface area (Å²) >= 11 is 0. The number of aryl methyl sites for hydroxylation is 1. The van der Waals surface area contributed by atoms with E-state index < -0.39 is 0 Å². The second-order valence-electron chi connectivity index (χ2n) is 3.54. The molecule has 0 aliphatic carbocycles. The molecule has 0 heterocycles. The molecule has 0 atom stereocenters. The van der Waals surface area contributed by atoms with E-state index in [-0.39, 0.29) is 0 Å². The maximum atomic E-state index is 3.77. The summed E-state index contributed by atoms with van der Waals surface area (Å²) in [6.45, 7) is 11.2. The summed E-state index contributed by atoms with van der Waals surface area (Å²) in [7, 11) is 0. The van der Waals surface area contributed by atoms with Crippen molar-refractivity contribution < 1.29 is 0 Å². The largest absolute Gasteiger partial charge is 0.296 e. The highest BCUT2D eigenvalue weighted by atomic mass is 15.1. The molecule has 0 N–H and O–H groups in total. The van der Waals surface area contributed by atoms with Crippen LogP contribution in [0.3, 0.4) is 0 Å². The fraction of sp³-hybridized carbons (Fsp3) is 0.385. The molecule has 76 valence electrons. The van der Waals surface area contributed by atoms with E-state index in [1.54, 1.807) is 0 Å². The molecule has 14 heavy (non-hydrogen) atoms. The molecule has 0 saturated heterocycles. The molecular weight excluding hydrogens is 170 g/mol. The second kappa shape index (κ2) is 5.61. The third-order valence-corrected chi connectivity index (χ3v) is 2.49. The lowest BCUT2D eigenvalue weighted by molar-refractivity contribution is 0.311. The van der Waals surface area contributed by atoms with Crippen LogP contribution in [-0.2, 0) is 6.54 Å². The molecule has 0 fully saturated rings. The van der Waals surface area contributed by atoms with Gasteiger partial charge in [0, 0.05) is 13.1 Å². The topological polar surface area (TPSA) is 3.24 Å². The first-order valence-electron chi connectivity index (χ1n) is 5.15. The number of likely N-dealkylation sites (N-methyl/N-ethyl adjacent to an activating group) is 1. The predicted octanol–water partition coefficient (Wildman–Crippen LogP) is 3.00. The molecule has 0 saturated carbocycles. The maximum absolute atomic E-state index is 3.77. The Morgan fingerprint density at radius 2 is 2.07 bits per heavy atom. The number of hydrogen-bond acceptors (Lipinski definition) is 1. The summed E-state index contributed by atoms with van der Waals surface area (Å²) in [6, 6.07) is 8.55. The Labute approximate surface area is 87.1 Å². The van der Waals surface area contributed by atoms with Gasteiger partial charge in [-0.05, 0) is 24.6 Å². The van der Waals surface area contributed by atoms with Gasteiger partial charge in [0.15, 0.2) is 0 Å². The Hall–Kier alpha value is -1.08. The predicted molar refractivity (Wildman–Crippen MR) is 62.3 cm³/mol. The third-order valence-electron chi connectivity index (χ3n) is 2.49. The Morgan fingerprint density at radius 1 is 1.36 bits per heavy atom. The van der Waals surface area contributed by atoms with Crippen LogP contribution < -0.4 is 0 Å². The van der Waals surface area contributed by atoms with Gasteiger partial charge in [-0.2, -0.15) is 0 Å². The Morgan fingerprint density at radius 3 is 2.64 bits per heavy atom. The quantitative estimate of drug-likeness (QED) is 0.644. The zero-order chi connectivity index (χ0) is 10.4. The van der Waals surface area contributed by atoms with Crippen LogP contribution in [-0.4, -0.2) is 18.0 Å². The maximum Gasteiger partial charge on any atom is 0.0239 e. The van der Waals surface area contributed by atoms with E-state index >= 15 is 0 Å². The van der Waals surface area contributed by atoms with Crippen molar-refractivity contribution in [2.45, 2.75) is 20.4 Å². The van der Waals surface area contributed by atoms with Crippen molar-refractivity contribution in [2.75, 3.05) is 13.1 Å². The molecule has 0 amide bonds. The van der Waals surface area contributed by atoms with Gasteiger partial charge in [-0.25, -0.2) is 0 Å². The van der Waals surface area contributed by atoms with Gasteiger partial charge in [0.2, 0.25) is 0 Å². The zero-order valence-electron chi connectivity index (χ0n) is 9.16. The highest BCUT2D eigenvalue weighted by Gasteiger charge is 2.02. The summed E-state index contributed by atoms with van der Waals surface area (Å²) in [5.41, 5.74) is 2.78. The zero-order valence-corrected chi connectivity index (χ0v) is 9.16. The highest BCUT2D eigenvalue weighted by Crippen LogP contribution is 2.09. The van der Waals surface area contributed by atoms with Gasteiger partial charge in [-0.1, -0.05) is 37.3 Å². The monoisotopic (exact) mass is 189 g/mol. The standard InChI is InChI=1S/C13H19N/c1-4-10-14(5-2)11-13-9-7-6-8-12(13)3/h4,6-9H,1,5,10-11H2,2-3H3. The van der Waals surface area contributed by atoms with Crippen molar-refractivity contribution in [1.29, 1.82) is 0 Å². The van der Waals surface area contributed by atoms with Crippen LogP contribution in [0.2, 0.25) is 0 Å². The lowest BCUT2D eigenvalue weighted by Crippen LogP contribution is -2.23. The molecule has 0 aliphatic rings. The first-order chi connectivity index (χ1) is 6.77. The van der Waals surface area contributed by atoms with Gasteiger partial charge >= 0.3 is 0 Å². The van der Waals surface area contributed by atoms with E-state index in [2.05, 4.69) is 49.6 Å². The second-order valence-corrected chi connectivity index (χ2v) is 3.54. The van der Waals surface area contributed by atoms with Crippen molar-refractivity contribution >= 4 is 0 Å². The lowest BCUT2D eigenvalue weighted by atomic mass is 10.1. The molecule has 1 heteroatoms. The SMILES string of the molecule is C=CCN(CC)Cc1ccccc1C. The highest BCUT2D eigenvalue weighted by molar-refractivity contribution is 5.25. The van der Waals surface area contributed by atoms with Crippen LogP contribution in [0, 0.1) is 6.92 Å². The lowest BCUT2D eigenvalue weighted by Gasteiger charge is -2.19. The van der Waals surface area contributed by atoms with E-state index in [0.717, 1.165) is 19.6 Å². The fourth-order valence-electron chi connectivity index (χ4n) is 1.52. The van der Waals surface area contributed by atoms with Crippen LogP contribution in [0.4, 0.5) is 0 Å². The van der Waals surface area contributed by atoms with Gasteiger partial charge < -0.3 is 0 Å². The van der Waals surface area contributed by atoms with Gasteiger partial charge in [-0.3, -0.25) is 4.90 Å². The molecule has 0 radical (unpaired) electrons. The Bertz CT molecular complexity index is 291. The summed E-state index contributed by atoms with van der Waals surface area (Å²) < 4.78 is 0. The summed E-state index contributed by atoms with van der Waals surface area (Å²) in [5, 5.41) is 0. The number of rotatable bonds is 5. The van der Waals surface area contributed by atoms with Crippen LogP contribution in [0.5, 0.6) is 0 Å². The Kier molecular flexibility index (Phi) is 4.41. The molecule has 0 unspecified atom stereocenters. The van der Waals surface area contributed by atoms with E-state index in [1.165, 1.54) is 11.1 Å². The number of hydrogen-bond donors (Lipinski definition) is 0. The first-order valence-corrected chi connectivity index (χ1v) is 5.15. The summed E-state index contributed by atoms with van der Waals surface area (Å²) in [6.07, 6.45) is 1.96. The fourth-order valence-corrected chi connectivity index (χ4v) is 1.52. The molecule has 1 rings (SSSR count). The molecule has 0 aliphatic heterocycles. The molecule has 1 aromatic rings. The van der Waals surface area contributed by atoms with Gasteiger partial charge in [0.25, 0.3) is 0 Å². The van der Waals surface area contributed by atoms with Crippen LogP contribution in [0.25, 0.3) is 0 Å². The minimum Gasteiger partial charge on any atom is -0.296 e. The van der Waals surface area contributed by atoms with E-state index in [1.807, 2.05) is 6.08 Å². The number of benzene rings is 1. The van der Waals surface area contributed by atoms with Crippen molar-refractivity contribution in [3.8, 4) is 0 Å². The molecule has 1 nitrogen and oxygen atoms in total. The van der Waals surface area contributed by atoms with E-state index in [4.69, 9.17) is 0 Å². The van der Waals surface area contributed by atoms with Crippen LogP contribution in [0.1, 0.15) is 18.1 Å². The van der Waals surface area contributed by atoms with Crippen molar-refractivity contribution in [3.63, 3.8) is 0 Å². The summed E-state index contributed by atoms with van der Waals surface area (Å²) in [5.74, 6) is 0. The van der Waals surface area contributed by atoms with Gasteiger partial charge in [0.1, 0.15) is 0 Å². The van der Waals surface area contributed by atoms with Gasteiger partial charge in [-0.15, -0.1) is 6.58 Å². The normalized spacial score (nSPS) is 10.5. The number of nitrogens with zero attached hydrogens (tertiary/aromatic N) is 1. The molecular formula is C13H19N. The van der Waals surface area contributed by atoms with Gasteiger partial charge in [0.05, 0.1) is 0 Å². The Balaban J connectivity index is 2.66. The van der Waals surface area contributed by atoms with Crippen LogP contribution >= 0.6 is 0 Å². The first kappa shape index (κ1) is 11.0. The van der Waals surface area contributed by atoms with Crippen molar-refractivity contribution in [1.82, 2.24) is 4.90 Å². The van der Waals surface area contributed by atoms with Crippen molar-refractivity contribution in [3.05, 3.63) is 48.0 Å². The minimum atomic E-state index is 0.963. The molecule has 0 aromatic heterocycles.